The van der Waals surface area contributed by atoms with Gasteiger partial charge in [-0.05, 0) is 100 Å². The molecule has 0 radical (unpaired) electrons. The van der Waals surface area contributed by atoms with Gasteiger partial charge in [0.2, 0.25) is 5.88 Å². The zero-order chi connectivity index (χ0) is 35.0. The van der Waals surface area contributed by atoms with E-state index in [9.17, 15) is 9.90 Å². The SMILES string of the molecule is C=c1c(C)c(O)n(N2CCCCC2)c(=O)/c1=C\c1cc(N(CC(CC)CCCC)CC(CC)CCCC)[nH]c1-c1c(C)cc(C)cc1C. The Morgan fingerprint density at radius 3 is 1.98 bits per heavy atom. The van der Waals surface area contributed by atoms with Crippen LogP contribution in [-0.4, -0.2) is 40.9 Å². The van der Waals surface area contributed by atoms with Crippen LogP contribution in [0.4, 0.5) is 5.82 Å². The molecule has 1 aromatic carbocycles. The minimum atomic E-state index is -0.205. The molecular formula is C42H64N4O2. The van der Waals surface area contributed by atoms with Gasteiger partial charge in [0.05, 0.1) is 5.69 Å². The molecule has 3 aromatic rings. The molecule has 2 N–H and O–H groups in total. The Morgan fingerprint density at radius 1 is 0.896 bits per heavy atom. The van der Waals surface area contributed by atoms with E-state index in [0.717, 1.165) is 62.5 Å². The normalized spacial score (nSPS) is 15.2. The Hall–Kier alpha value is -3.41. The lowest BCUT2D eigenvalue weighted by Crippen LogP contribution is -2.54. The summed E-state index contributed by atoms with van der Waals surface area (Å²) in [6, 6.07) is 6.78. The number of aromatic nitrogens is 2. The number of hydrogen-bond acceptors (Lipinski definition) is 4. The van der Waals surface area contributed by atoms with Gasteiger partial charge in [-0.25, -0.2) is 0 Å². The summed E-state index contributed by atoms with van der Waals surface area (Å²) in [7, 11) is 0. The van der Waals surface area contributed by atoms with Crippen molar-refractivity contribution in [2.45, 2.75) is 126 Å². The van der Waals surface area contributed by atoms with E-state index in [2.05, 4.69) is 83.1 Å². The molecule has 48 heavy (non-hydrogen) atoms. The lowest BCUT2D eigenvalue weighted by Gasteiger charge is -2.31. The van der Waals surface area contributed by atoms with Gasteiger partial charge in [-0.1, -0.05) is 90.5 Å². The molecule has 264 valence electrons. The third-order valence-corrected chi connectivity index (χ3v) is 10.8. The number of aryl methyl sites for hydroxylation is 3. The van der Waals surface area contributed by atoms with Crippen LogP contribution in [0.15, 0.2) is 23.0 Å². The van der Waals surface area contributed by atoms with Crippen LogP contribution in [0.1, 0.15) is 126 Å². The van der Waals surface area contributed by atoms with Gasteiger partial charge in [0.25, 0.3) is 5.56 Å². The fraction of sp³-hybridized carbons (Fsp3) is 0.595. The highest BCUT2D eigenvalue weighted by Crippen LogP contribution is 2.35. The molecule has 1 aliphatic heterocycles. The van der Waals surface area contributed by atoms with Crippen molar-refractivity contribution in [3.8, 4) is 17.1 Å². The Bertz CT molecular complexity index is 1640. The van der Waals surface area contributed by atoms with E-state index in [4.69, 9.17) is 0 Å². The number of anilines is 1. The average Bonchev–Trinajstić information content (AvgIpc) is 3.48. The molecule has 2 aromatic heterocycles. The third kappa shape index (κ3) is 8.59. The summed E-state index contributed by atoms with van der Waals surface area (Å²) in [6.07, 6.45) is 15.0. The maximum atomic E-state index is 14.3. The summed E-state index contributed by atoms with van der Waals surface area (Å²) in [5.41, 5.74) is 7.34. The molecule has 0 amide bonds. The third-order valence-electron chi connectivity index (χ3n) is 10.8. The minimum absolute atomic E-state index is 0.00537. The number of hydrogen-bond donors (Lipinski definition) is 2. The maximum Gasteiger partial charge on any atom is 0.280 e. The number of H-pyrrole nitrogens is 1. The fourth-order valence-electron chi connectivity index (χ4n) is 7.73. The number of pyridine rings is 1. The lowest BCUT2D eigenvalue weighted by atomic mass is 9.95. The molecule has 2 atom stereocenters. The molecule has 6 nitrogen and oxygen atoms in total. The molecule has 6 heteroatoms. The first-order valence-electron chi connectivity index (χ1n) is 19.0. The van der Waals surface area contributed by atoms with E-state index < -0.39 is 0 Å². The summed E-state index contributed by atoms with van der Waals surface area (Å²) >= 11 is 0. The number of nitrogens with one attached hydrogen (secondary N) is 1. The van der Waals surface area contributed by atoms with Crippen LogP contribution in [0.3, 0.4) is 0 Å². The van der Waals surface area contributed by atoms with Gasteiger partial charge in [-0.15, -0.1) is 0 Å². The number of piperidine rings is 1. The second kappa shape index (κ2) is 17.3. The van der Waals surface area contributed by atoms with Crippen LogP contribution in [0.5, 0.6) is 5.88 Å². The standard InChI is InChI=1S/C42H64N4O2/c1-10-14-19-34(12-3)27-44(28-35(13-4)20-15-11-2)38-26-36(40(43-38)39-30(6)23-29(5)24-31(39)7)25-37-32(8)33(9)41(47)46(42(37)48)45-21-17-16-18-22-45/h23-26,34-35,43,47H,8,10-22,27-28H2,1-7,9H3/b37-25-. The van der Waals surface area contributed by atoms with Crippen molar-refractivity contribution in [3.63, 3.8) is 0 Å². The van der Waals surface area contributed by atoms with Crippen LogP contribution in [0, 0.1) is 39.5 Å². The maximum absolute atomic E-state index is 14.3. The van der Waals surface area contributed by atoms with Crippen LogP contribution in [0.2, 0.25) is 0 Å². The Labute approximate surface area is 290 Å². The highest BCUT2D eigenvalue weighted by atomic mass is 16.3. The quantitative estimate of drug-likeness (QED) is 0.163. The first-order chi connectivity index (χ1) is 23.0. The number of nitrogens with zero attached hydrogens (tertiary/aromatic N) is 3. The zero-order valence-electron chi connectivity index (χ0n) is 31.5. The highest BCUT2D eigenvalue weighted by molar-refractivity contribution is 5.80. The van der Waals surface area contributed by atoms with Crippen molar-refractivity contribution < 1.29 is 5.11 Å². The molecule has 4 rings (SSSR count). The molecule has 0 saturated carbocycles. The van der Waals surface area contributed by atoms with Crippen molar-refractivity contribution in [2.75, 3.05) is 36.1 Å². The number of aromatic amines is 1. The second-order valence-electron chi connectivity index (χ2n) is 14.6. The van der Waals surface area contributed by atoms with Gasteiger partial charge < -0.3 is 20.0 Å². The lowest BCUT2D eigenvalue weighted by molar-refractivity contribution is 0.370. The predicted molar refractivity (Wildman–Crippen MR) is 207 cm³/mol. The van der Waals surface area contributed by atoms with Gasteiger partial charge in [0.1, 0.15) is 5.82 Å². The molecule has 0 aliphatic carbocycles. The molecule has 1 aliphatic rings. The largest absolute Gasteiger partial charge is 0.493 e. The van der Waals surface area contributed by atoms with Gasteiger partial charge in [-0.2, -0.15) is 4.68 Å². The molecule has 1 saturated heterocycles. The van der Waals surface area contributed by atoms with E-state index in [1.165, 1.54) is 78.3 Å². The van der Waals surface area contributed by atoms with Crippen molar-refractivity contribution in [1.82, 2.24) is 9.66 Å². The summed E-state index contributed by atoms with van der Waals surface area (Å²) in [5.74, 6) is 2.38. The Morgan fingerprint density at radius 2 is 1.46 bits per heavy atom. The molecule has 3 heterocycles. The minimum Gasteiger partial charge on any atom is -0.493 e. The van der Waals surface area contributed by atoms with Crippen molar-refractivity contribution >= 4 is 18.5 Å². The first kappa shape index (κ1) is 37.4. The highest BCUT2D eigenvalue weighted by Gasteiger charge is 2.23. The van der Waals surface area contributed by atoms with Crippen molar-refractivity contribution in [2.24, 2.45) is 11.8 Å². The molecule has 0 bridgehead atoms. The monoisotopic (exact) mass is 657 g/mol. The van der Waals surface area contributed by atoms with Gasteiger partial charge in [0.15, 0.2) is 0 Å². The Kier molecular flexibility index (Phi) is 13.5. The molecule has 2 unspecified atom stereocenters. The zero-order valence-corrected chi connectivity index (χ0v) is 31.5. The average molecular weight is 657 g/mol. The van der Waals surface area contributed by atoms with Crippen LogP contribution < -0.4 is 25.9 Å². The smallest absolute Gasteiger partial charge is 0.280 e. The first-order valence-corrected chi connectivity index (χ1v) is 19.0. The van der Waals surface area contributed by atoms with Gasteiger partial charge in [-0.3, -0.25) is 4.79 Å². The topological polar surface area (TPSA) is 64.5 Å². The van der Waals surface area contributed by atoms with E-state index in [-0.39, 0.29) is 11.4 Å². The summed E-state index contributed by atoms with van der Waals surface area (Å²) in [5, 5.41) is 14.3. The number of benzene rings is 1. The van der Waals surface area contributed by atoms with Gasteiger partial charge in [0, 0.05) is 48.1 Å². The van der Waals surface area contributed by atoms with Crippen LogP contribution >= 0.6 is 0 Å². The molecule has 0 spiro atoms. The van der Waals surface area contributed by atoms with Crippen LogP contribution in [0.25, 0.3) is 23.9 Å². The van der Waals surface area contributed by atoms with E-state index in [0.29, 0.717) is 27.8 Å². The summed E-state index contributed by atoms with van der Waals surface area (Å²) < 4.78 is 1.51. The molecular weight excluding hydrogens is 592 g/mol. The number of unbranched alkanes of at least 4 members (excludes halogenated alkanes) is 2. The van der Waals surface area contributed by atoms with Crippen LogP contribution in [-0.2, 0) is 0 Å². The molecule has 1 fully saturated rings. The van der Waals surface area contributed by atoms with Crippen molar-refractivity contribution in [1.29, 1.82) is 0 Å². The second-order valence-corrected chi connectivity index (χ2v) is 14.6. The van der Waals surface area contributed by atoms with E-state index >= 15 is 0 Å². The van der Waals surface area contributed by atoms with E-state index in [1.807, 2.05) is 18.0 Å². The van der Waals surface area contributed by atoms with Crippen molar-refractivity contribution in [3.05, 3.63) is 66.8 Å². The van der Waals surface area contributed by atoms with Gasteiger partial charge >= 0.3 is 0 Å². The van der Waals surface area contributed by atoms with E-state index in [1.54, 1.807) is 0 Å². The predicted octanol–water partition coefficient (Wildman–Crippen LogP) is 8.38. The fourth-order valence-corrected chi connectivity index (χ4v) is 7.73. The summed E-state index contributed by atoms with van der Waals surface area (Å²) in [6.45, 7) is 25.5. The Balaban J connectivity index is 1.97. The number of aromatic hydroxyl groups is 1. The summed E-state index contributed by atoms with van der Waals surface area (Å²) in [4.78, 5) is 20.8. The number of rotatable bonds is 16.